The monoisotopic (exact) mass is 414 g/mol. The first kappa shape index (κ1) is 24.4. The van der Waals surface area contributed by atoms with Crippen LogP contribution < -0.4 is 0 Å². The summed E-state index contributed by atoms with van der Waals surface area (Å²) in [4.78, 5) is 22.0. The number of carboxylic acid groups (broad SMARTS) is 1. The second kappa shape index (κ2) is 12.1. The lowest BCUT2D eigenvalue weighted by atomic mass is 9.81. The Hall–Kier alpha value is -1.91. The Morgan fingerprint density at radius 2 is 1.77 bits per heavy atom. The summed E-state index contributed by atoms with van der Waals surface area (Å²) in [5.74, 6) is -0.311. The van der Waals surface area contributed by atoms with Gasteiger partial charge in [-0.2, -0.15) is 0 Å². The molecule has 2 rings (SSSR count). The molecule has 1 aliphatic heterocycles. The summed E-state index contributed by atoms with van der Waals surface area (Å²) in [7, 11) is 0. The van der Waals surface area contributed by atoms with Crippen LogP contribution in [0.5, 0.6) is 0 Å². The molecule has 1 heterocycles. The molecule has 30 heavy (non-hydrogen) atoms. The van der Waals surface area contributed by atoms with Crippen LogP contribution in [0.3, 0.4) is 0 Å². The van der Waals surface area contributed by atoms with Crippen LogP contribution >= 0.6 is 0 Å². The number of hydrogen-bond acceptors (Lipinski definition) is 3. The number of rotatable bonds is 13. The van der Waals surface area contributed by atoms with E-state index in [-0.39, 0.29) is 12.0 Å². The van der Waals surface area contributed by atoms with Gasteiger partial charge in [-0.15, -0.1) is 0 Å². The van der Waals surface area contributed by atoms with Gasteiger partial charge in [0.05, 0.1) is 6.42 Å². The van der Waals surface area contributed by atoms with Crippen LogP contribution in [0.15, 0.2) is 48.6 Å². The van der Waals surface area contributed by atoms with E-state index >= 15 is 0 Å². The van der Waals surface area contributed by atoms with Crippen LogP contribution in [0.25, 0.3) is 6.08 Å². The minimum absolute atomic E-state index is 0.0204. The zero-order chi connectivity index (χ0) is 21.9. The quantitative estimate of drug-likeness (QED) is 0.215. The van der Waals surface area contributed by atoms with E-state index in [1.54, 1.807) is 0 Å². The van der Waals surface area contributed by atoms with Crippen molar-refractivity contribution in [3.05, 3.63) is 54.1 Å². The lowest BCUT2D eigenvalue weighted by Gasteiger charge is -2.25. The van der Waals surface area contributed by atoms with Gasteiger partial charge in [-0.3, -0.25) is 4.79 Å². The van der Waals surface area contributed by atoms with Gasteiger partial charge in [0, 0.05) is 6.42 Å². The van der Waals surface area contributed by atoms with E-state index < -0.39 is 11.6 Å². The molecule has 0 aromatic heterocycles. The maximum absolute atomic E-state index is 11.0. The Labute approximate surface area is 181 Å². The number of allylic oxidation sites excluding steroid dienone is 3. The molecular weight excluding hydrogens is 376 g/mol. The van der Waals surface area contributed by atoms with Gasteiger partial charge in [-0.05, 0) is 44.6 Å². The molecule has 166 valence electrons. The highest BCUT2D eigenvalue weighted by atomic mass is 17.2. The highest BCUT2D eigenvalue weighted by Crippen LogP contribution is 2.42. The predicted octanol–water partition coefficient (Wildman–Crippen LogP) is 6.97. The Kier molecular flexibility index (Phi) is 9.80. The number of unbranched alkanes of at least 4 members (excludes halogenated alkanes) is 4. The van der Waals surface area contributed by atoms with Gasteiger partial charge in [0.1, 0.15) is 11.2 Å². The van der Waals surface area contributed by atoms with Crippen molar-refractivity contribution >= 4 is 12.0 Å². The van der Waals surface area contributed by atoms with Crippen LogP contribution in [0.2, 0.25) is 0 Å². The molecule has 1 N–H and O–H groups in total. The fourth-order valence-corrected chi connectivity index (χ4v) is 4.42. The topological polar surface area (TPSA) is 55.8 Å². The average molecular weight is 415 g/mol. The van der Waals surface area contributed by atoms with Crippen molar-refractivity contribution in [3.8, 4) is 0 Å². The summed E-state index contributed by atoms with van der Waals surface area (Å²) in [5, 5.41) is 9.04. The van der Waals surface area contributed by atoms with Crippen LogP contribution in [0.4, 0.5) is 0 Å². The van der Waals surface area contributed by atoms with E-state index in [1.807, 2.05) is 19.9 Å². The third-order valence-electron chi connectivity index (χ3n) is 5.65. The standard InChI is InChI=1S/C26H38O4/c1-22(19-25(2)21-26(3,30-29-25)20-24(27)28)15-11-8-6-4-5-7-9-12-16-23-17-13-10-14-18-23/h7,9-10,12-14,16-18,22H,4-6,8,11,15,19-21H2,1-3H3,(H,27,28)/b9-7+,16-12+/t22?,25-,26-/m1/s1. The second-order valence-electron chi connectivity index (χ2n) is 9.31. The summed E-state index contributed by atoms with van der Waals surface area (Å²) in [6, 6.07) is 10.3. The molecule has 0 bridgehead atoms. The predicted molar refractivity (Wildman–Crippen MR) is 122 cm³/mol. The first-order valence-electron chi connectivity index (χ1n) is 11.3. The summed E-state index contributed by atoms with van der Waals surface area (Å²) in [6.07, 6.45) is 17.4. The molecule has 1 aromatic carbocycles. The molecule has 0 amide bonds. The van der Waals surface area contributed by atoms with E-state index in [4.69, 9.17) is 14.9 Å². The Balaban J connectivity index is 1.53. The molecule has 1 saturated heterocycles. The van der Waals surface area contributed by atoms with Crippen molar-refractivity contribution in [1.82, 2.24) is 0 Å². The molecular formula is C26H38O4. The number of carbonyl (C=O) groups is 1. The summed E-state index contributed by atoms with van der Waals surface area (Å²) >= 11 is 0. The fraction of sp³-hybridized carbons (Fsp3) is 0.577. The van der Waals surface area contributed by atoms with Crippen LogP contribution in [-0.4, -0.2) is 22.3 Å². The Morgan fingerprint density at radius 3 is 2.50 bits per heavy atom. The summed E-state index contributed by atoms with van der Waals surface area (Å²) in [5.41, 5.74) is 0.123. The molecule has 4 heteroatoms. The number of hydrogen-bond donors (Lipinski definition) is 1. The largest absolute Gasteiger partial charge is 0.481 e. The average Bonchev–Trinajstić information content (AvgIpc) is 2.97. The zero-order valence-corrected chi connectivity index (χ0v) is 18.8. The van der Waals surface area contributed by atoms with E-state index in [2.05, 4.69) is 55.5 Å². The van der Waals surface area contributed by atoms with Gasteiger partial charge in [-0.1, -0.05) is 87.2 Å². The van der Waals surface area contributed by atoms with Crippen LogP contribution in [0, 0.1) is 5.92 Å². The highest BCUT2D eigenvalue weighted by molar-refractivity contribution is 5.68. The van der Waals surface area contributed by atoms with Crippen molar-refractivity contribution in [2.45, 2.75) is 89.8 Å². The van der Waals surface area contributed by atoms with Crippen molar-refractivity contribution in [3.63, 3.8) is 0 Å². The second-order valence-corrected chi connectivity index (χ2v) is 9.31. The van der Waals surface area contributed by atoms with Gasteiger partial charge in [0.25, 0.3) is 0 Å². The van der Waals surface area contributed by atoms with Crippen LogP contribution in [-0.2, 0) is 14.6 Å². The SMILES string of the molecule is CC(CCCCCC/C=C/C=C/c1ccccc1)C[C@]1(C)C[C@@](C)(CC(=O)O)OO1. The maximum Gasteiger partial charge on any atom is 0.306 e. The van der Waals surface area contributed by atoms with Gasteiger partial charge < -0.3 is 5.11 Å². The first-order valence-corrected chi connectivity index (χ1v) is 11.3. The van der Waals surface area contributed by atoms with Crippen molar-refractivity contribution in [2.24, 2.45) is 5.92 Å². The third kappa shape index (κ3) is 9.27. The molecule has 0 saturated carbocycles. The molecule has 1 fully saturated rings. The van der Waals surface area contributed by atoms with E-state index in [1.165, 1.54) is 37.7 Å². The van der Waals surface area contributed by atoms with Gasteiger partial charge in [-0.25, -0.2) is 9.78 Å². The van der Waals surface area contributed by atoms with E-state index in [9.17, 15) is 4.79 Å². The van der Waals surface area contributed by atoms with Gasteiger partial charge in [0.2, 0.25) is 0 Å². The van der Waals surface area contributed by atoms with Crippen molar-refractivity contribution in [2.75, 3.05) is 0 Å². The van der Waals surface area contributed by atoms with Gasteiger partial charge >= 0.3 is 5.97 Å². The maximum atomic E-state index is 11.0. The number of benzene rings is 1. The lowest BCUT2D eigenvalue weighted by Crippen LogP contribution is -2.31. The highest BCUT2D eigenvalue weighted by Gasteiger charge is 2.47. The molecule has 1 unspecified atom stereocenters. The minimum Gasteiger partial charge on any atom is -0.481 e. The molecule has 1 aromatic rings. The smallest absolute Gasteiger partial charge is 0.306 e. The Bertz CT molecular complexity index is 696. The zero-order valence-electron chi connectivity index (χ0n) is 18.8. The molecule has 0 radical (unpaired) electrons. The normalized spacial score (nSPS) is 25.3. The first-order chi connectivity index (χ1) is 14.3. The molecule has 0 spiro atoms. The molecule has 3 atom stereocenters. The fourth-order valence-electron chi connectivity index (χ4n) is 4.42. The summed E-state index contributed by atoms with van der Waals surface area (Å²) < 4.78 is 0. The Morgan fingerprint density at radius 1 is 1.07 bits per heavy atom. The third-order valence-corrected chi connectivity index (χ3v) is 5.65. The summed E-state index contributed by atoms with van der Waals surface area (Å²) in [6.45, 7) is 6.11. The number of carboxylic acids is 1. The van der Waals surface area contributed by atoms with Crippen molar-refractivity contribution in [1.29, 1.82) is 0 Å². The van der Waals surface area contributed by atoms with Gasteiger partial charge in [0.15, 0.2) is 0 Å². The van der Waals surface area contributed by atoms with Crippen LogP contribution in [0.1, 0.15) is 84.1 Å². The minimum atomic E-state index is -0.847. The molecule has 1 aliphatic rings. The lowest BCUT2D eigenvalue weighted by molar-refractivity contribution is -0.346. The molecule has 0 aliphatic carbocycles. The van der Waals surface area contributed by atoms with E-state index in [0.717, 1.165) is 12.8 Å². The molecule has 4 nitrogen and oxygen atoms in total. The van der Waals surface area contributed by atoms with Crippen molar-refractivity contribution < 1.29 is 19.7 Å². The number of aliphatic carboxylic acids is 1. The van der Waals surface area contributed by atoms with E-state index in [0.29, 0.717) is 12.3 Å².